The van der Waals surface area contributed by atoms with Crippen molar-refractivity contribution in [2.75, 3.05) is 11.1 Å². The molecule has 2 rings (SSSR count). The number of rotatable bonds is 3. The second-order valence-corrected chi connectivity index (χ2v) is 5.48. The van der Waals surface area contributed by atoms with Gasteiger partial charge in [-0.15, -0.1) is 11.3 Å². The fourth-order valence-corrected chi connectivity index (χ4v) is 2.28. The van der Waals surface area contributed by atoms with Crippen LogP contribution in [0.15, 0.2) is 17.6 Å². The quantitative estimate of drug-likeness (QED) is 0.911. The van der Waals surface area contributed by atoms with E-state index in [9.17, 15) is 13.2 Å². The van der Waals surface area contributed by atoms with Gasteiger partial charge in [0.15, 0.2) is 0 Å². The van der Waals surface area contributed by atoms with E-state index in [1.807, 2.05) is 0 Å². The van der Waals surface area contributed by atoms with Crippen molar-refractivity contribution in [3.8, 4) is 0 Å². The molecule has 0 atom stereocenters. The molecule has 20 heavy (non-hydrogen) atoms. The second kappa shape index (κ2) is 4.89. The number of nitrogens with one attached hydrogen (secondary N) is 1. The van der Waals surface area contributed by atoms with Crippen molar-refractivity contribution in [1.29, 1.82) is 0 Å². The lowest BCUT2D eigenvalue weighted by molar-refractivity contribution is -0.144. The summed E-state index contributed by atoms with van der Waals surface area (Å²) in [6, 6.07) is 1.25. The summed E-state index contributed by atoms with van der Waals surface area (Å²) in [5.74, 6) is -1.51. The molecule has 0 saturated carbocycles. The van der Waals surface area contributed by atoms with Crippen LogP contribution in [0.2, 0.25) is 0 Å². The van der Waals surface area contributed by atoms with Crippen LogP contribution in [-0.4, -0.2) is 15.0 Å². The van der Waals surface area contributed by atoms with Crippen molar-refractivity contribution in [3.63, 3.8) is 0 Å². The zero-order valence-corrected chi connectivity index (χ0v) is 11.5. The van der Waals surface area contributed by atoms with Crippen LogP contribution in [0.1, 0.15) is 24.7 Å². The molecular formula is C11H12F3N5S. The first kappa shape index (κ1) is 14.5. The Balaban J connectivity index is 2.32. The van der Waals surface area contributed by atoms with Gasteiger partial charge in [0.1, 0.15) is 16.6 Å². The summed E-state index contributed by atoms with van der Waals surface area (Å²) in [5.41, 5.74) is 4.72. The van der Waals surface area contributed by atoms with E-state index in [0.717, 1.165) is 5.01 Å². The third-order valence-corrected chi connectivity index (χ3v) is 3.50. The Hall–Kier alpha value is -1.90. The van der Waals surface area contributed by atoms with Gasteiger partial charge in [-0.05, 0) is 13.8 Å². The number of alkyl halides is 3. The summed E-state index contributed by atoms with van der Waals surface area (Å²) in [7, 11) is 0. The molecule has 5 nitrogen and oxygen atoms in total. The van der Waals surface area contributed by atoms with Crippen LogP contribution in [0.5, 0.6) is 0 Å². The van der Waals surface area contributed by atoms with Gasteiger partial charge in [-0.25, -0.2) is 15.0 Å². The summed E-state index contributed by atoms with van der Waals surface area (Å²) in [6.07, 6.45) is -3.02. The average molecular weight is 303 g/mol. The van der Waals surface area contributed by atoms with Gasteiger partial charge in [0.2, 0.25) is 5.82 Å². The summed E-state index contributed by atoms with van der Waals surface area (Å²) in [4.78, 5) is 10.8. The van der Waals surface area contributed by atoms with Crippen LogP contribution in [0, 0.1) is 0 Å². The van der Waals surface area contributed by atoms with Crippen molar-refractivity contribution < 1.29 is 13.2 Å². The molecule has 0 radical (unpaired) electrons. The minimum Gasteiger partial charge on any atom is -0.384 e. The van der Waals surface area contributed by atoms with Gasteiger partial charge in [0.05, 0.1) is 5.54 Å². The molecule has 0 aliphatic carbocycles. The van der Waals surface area contributed by atoms with E-state index in [1.165, 1.54) is 17.4 Å². The van der Waals surface area contributed by atoms with E-state index in [4.69, 9.17) is 5.73 Å². The number of hydrogen-bond acceptors (Lipinski definition) is 6. The Labute approximate surface area is 117 Å². The Kier molecular flexibility index (Phi) is 3.55. The van der Waals surface area contributed by atoms with E-state index in [2.05, 4.69) is 20.3 Å². The molecule has 108 valence electrons. The van der Waals surface area contributed by atoms with E-state index < -0.39 is 17.5 Å². The monoisotopic (exact) mass is 303 g/mol. The fraction of sp³-hybridized carbons (Fsp3) is 0.364. The minimum atomic E-state index is -4.64. The standard InChI is InChI=1S/C11H12F3N5S/c1-10(2,9-16-3-4-20-9)19-7-5-6(15)17-8(18-7)11(12,13)14/h3-5H,1-2H3,(H3,15,17,18,19). The maximum absolute atomic E-state index is 12.6. The highest BCUT2D eigenvalue weighted by atomic mass is 32.1. The summed E-state index contributed by atoms with van der Waals surface area (Å²) in [6.45, 7) is 3.58. The minimum absolute atomic E-state index is 0.00465. The lowest BCUT2D eigenvalue weighted by Gasteiger charge is -2.24. The Morgan fingerprint density at radius 1 is 1.25 bits per heavy atom. The molecule has 0 unspecified atom stereocenters. The third kappa shape index (κ3) is 3.16. The Morgan fingerprint density at radius 3 is 2.50 bits per heavy atom. The first-order valence-corrected chi connectivity index (χ1v) is 6.46. The lowest BCUT2D eigenvalue weighted by atomic mass is 10.1. The van der Waals surface area contributed by atoms with Gasteiger partial charge in [0.25, 0.3) is 0 Å². The van der Waals surface area contributed by atoms with Crippen LogP contribution < -0.4 is 11.1 Å². The molecule has 3 N–H and O–H groups in total. The molecular weight excluding hydrogens is 291 g/mol. The van der Waals surface area contributed by atoms with E-state index in [0.29, 0.717) is 0 Å². The Morgan fingerprint density at radius 2 is 1.95 bits per heavy atom. The van der Waals surface area contributed by atoms with Crippen LogP contribution in [-0.2, 0) is 11.7 Å². The highest BCUT2D eigenvalue weighted by Gasteiger charge is 2.36. The predicted octanol–water partition coefficient (Wildman–Crippen LogP) is 2.88. The van der Waals surface area contributed by atoms with Crippen LogP contribution in [0.3, 0.4) is 0 Å². The molecule has 9 heteroatoms. The van der Waals surface area contributed by atoms with Crippen LogP contribution in [0.25, 0.3) is 0 Å². The number of hydrogen-bond donors (Lipinski definition) is 2. The van der Waals surface area contributed by atoms with E-state index >= 15 is 0 Å². The molecule has 0 saturated heterocycles. The van der Waals surface area contributed by atoms with Crippen molar-refractivity contribution in [2.24, 2.45) is 0 Å². The number of nitrogens with zero attached hydrogens (tertiary/aromatic N) is 3. The summed E-state index contributed by atoms with van der Waals surface area (Å²) < 4.78 is 37.9. The van der Waals surface area contributed by atoms with Gasteiger partial charge in [-0.3, -0.25) is 0 Å². The highest BCUT2D eigenvalue weighted by Crippen LogP contribution is 2.30. The van der Waals surface area contributed by atoms with Crippen molar-refractivity contribution in [2.45, 2.75) is 25.6 Å². The SMILES string of the molecule is CC(C)(Nc1cc(N)nc(C(F)(F)F)n1)c1nccs1. The van der Waals surface area contributed by atoms with Gasteiger partial charge in [0, 0.05) is 17.6 Å². The van der Waals surface area contributed by atoms with E-state index in [-0.39, 0.29) is 11.6 Å². The highest BCUT2D eigenvalue weighted by molar-refractivity contribution is 7.09. The predicted molar refractivity (Wildman–Crippen MR) is 70.2 cm³/mol. The fourth-order valence-electron chi connectivity index (χ4n) is 1.56. The molecule has 0 fully saturated rings. The molecule has 0 aliphatic rings. The molecule has 0 aromatic carbocycles. The number of aromatic nitrogens is 3. The Bertz CT molecular complexity index is 595. The van der Waals surface area contributed by atoms with Crippen molar-refractivity contribution in [1.82, 2.24) is 15.0 Å². The molecule has 2 aromatic rings. The zero-order valence-electron chi connectivity index (χ0n) is 10.7. The maximum Gasteiger partial charge on any atom is 0.451 e. The zero-order chi connectivity index (χ0) is 15.0. The summed E-state index contributed by atoms with van der Waals surface area (Å²) >= 11 is 1.39. The maximum atomic E-state index is 12.6. The first-order valence-electron chi connectivity index (χ1n) is 5.58. The molecule has 0 spiro atoms. The van der Waals surface area contributed by atoms with Gasteiger partial charge in [-0.1, -0.05) is 0 Å². The number of halogens is 3. The molecule has 0 amide bonds. The van der Waals surface area contributed by atoms with Crippen LogP contribution >= 0.6 is 11.3 Å². The van der Waals surface area contributed by atoms with Gasteiger partial charge < -0.3 is 11.1 Å². The lowest BCUT2D eigenvalue weighted by Crippen LogP contribution is -2.29. The van der Waals surface area contributed by atoms with Crippen LogP contribution in [0.4, 0.5) is 24.8 Å². The topological polar surface area (TPSA) is 76.7 Å². The molecule has 2 heterocycles. The smallest absolute Gasteiger partial charge is 0.384 e. The van der Waals surface area contributed by atoms with E-state index in [1.54, 1.807) is 25.4 Å². The van der Waals surface area contributed by atoms with Crippen molar-refractivity contribution >= 4 is 23.0 Å². The third-order valence-electron chi connectivity index (χ3n) is 2.41. The van der Waals surface area contributed by atoms with Crippen molar-refractivity contribution in [3.05, 3.63) is 28.5 Å². The summed E-state index contributed by atoms with van der Waals surface area (Å²) in [5, 5.41) is 5.40. The molecule has 2 aromatic heterocycles. The number of anilines is 2. The first-order chi connectivity index (χ1) is 9.18. The number of thiazole rings is 1. The average Bonchev–Trinajstić information content (AvgIpc) is 2.79. The normalized spacial score (nSPS) is 12.4. The largest absolute Gasteiger partial charge is 0.451 e. The second-order valence-electron chi connectivity index (χ2n) is 4.59. The molecule has 0 bridgehead atoms. The molecule has 0 aliphatic heterocycles. The van der Waals surface area contributed by atoms with Gasteiger partial charge in [-0.2, -0.15) is 13.2 Å². The number of nitrogens with two attached hydrogens (primary N) is 1. The van der Waals surface area contributed by atoms with Gasteiger partial charge >= 0.3 is 6.18 Å². The number of nitrogen functional groups attached to an aromatic ring is 1.